The molecule has 2 radical (unpaired) electrons. The van der Waals surface area contributed by atoms with E-state index in [0.717, 1.165) is 77.0 Å². The Morgan fingerprint density at radius 3 is 0.655 bits per heavy atom. The molecule has 0 aromatic heterocycles. The molecule has 20 atom stereocenters. The van der Waals surface area contributed by atoms with Crippen LogP contribution in [0, 0.1) is 47.3 Å². The molecule has 9 rings (SSSR count). The molecule has 26 heteroatoms. The molecular formula is C32H52Cu2N8O12S4. The van der Waals surface area contributed by atoms with Crippen molar-refractivity contribution in [3.8, 4) is 0 Å². The van der Waals surface area contributed by atoms with Gasteiger partial charge in [0.1, 0.15) is 20.2 Å². The molecule has 5 aliphatic heterocycles. The van der Waals surface area contributed by atoms with Gasteiger partial charge < -0.3 is 18.2 Å². The molecule has 4 aliphatic carbocycles. The maximum Gasteiger partial charge on any atom is 2.00 e. The van der Waals surface area contributed by atoms with Crippen molar-refractivity contribution in [1.29, 1.82) is 0 Å². The molecule has 8 N–H and O–H groups in total. The van der Waals surface area contributed by atoms with Crippen molar-refractivity contribution in [2.24, 2.45) is 47.3 Å². The number of nitrogens with one attached hydrogen (secondary N) is 8. The molecule has 9 fully saturated rings. The normalized spacial score (nSPS) is 49.3. The van der Waals surface area contributed by atoms with Gasteiger partial charge in [0.05, 0.1) is 90.6 Å². The van der Waals surface area contributed by atoms with Gasteiger partial charge >= 0.3 is 34.1 Å². The van der Waals surface area contributed by atoms with E-state index < -0.39 is 98.0 Å². The molecular weight excluding hydrogens is 944 g/mol. The van der Waals surface area contributed by atoms with Crippen molar-refractivity contribution in [1.82, 2.24) is 42.5 Å². The molecule has 0 amide bonds. The van der Waals surface area contributed by atoms with E-state index >= 15 is 0 Å². The van der Waals surface area contributed by atoms with Crippen molar-refractivity contribution < 1.29 is 86.0 Å². The molecule has 0 aromatic rings. The summed E-state index contributed by atoms with van der Waals surface area (Å²) in [6, 6.07) is 0. The minimum atomic E-state index is -6.22. The number of hydrogen-bond donors (Lipinski definition) is 8. The van der Waals surface area contributed by atoms with Gasteiger partial charge in [-0.15, -0.1) is 0 Å². The fourth-order valence-electron chi connectivity index (χ4n) is 13.4. The predicted molar refractivity (Wildman–Crippen MR) is 193 cm³/mol. The van der Waals surface area contributed by atoms with Gasteiger partial charge in [-0.1, -0.05) is 38.5 Å². The topological polar surface area (TPSA) is 325 Å². The molecule has 338 valence electrons. The van der Waals surface area contributed by atoms with Crippen LogP contribution in [0.4, 0.5) is 0 Å². The summed E-state index contributed by atoms with van der Waals surface area (Å²) in [5.41, 5.74) is 0. The van der Waals surface area contributed by atoms with E-state index in [2.05, 4.69) is 42.5 Å². The van der Waals surface area contributed by atoms with Crippen LogP contribution in [-0.2, 0) is 74.6 Å². The number of rotatable bonds is 4. The van der Waals surface area contributed by atoms with Crippen molar-refractivity contribution in [3.63, 3.8) is 0 Å². The molecule has 0 spiro atoms. The second kappa shape index (κ2) is 16.7. The fraction of sp³-hybridized carbons (Fsp3) is 1.00. The zero-order valence-corrected chi connectivity index (χ0v) is 36.3. The first-order valence-corrected chi connectivity index (χ1v) is 26.1. The summed E-state index contributed by atoms with van der Waals surface area (Å²) in [5, 5.41) is 16.2. The van der Waals surface area contributed by atoms with Gasteiger partial charge in [0.25, 0.3) is 0 Å². The fourth-order valence-corrected chi connectivity index (χ4v) is 20.5. The molecule has 0 aromatic carbocycles. The quantitative estimate of drug-likeness (QED) is 0.101. The van der Waals surface area contributed by atoms with Crippen LogP contribution in [0.1, 0.15) is 77.0 Å². The molecule has 8 bridgehead atoms. The molecule has 9 aliphatic rings. The van der Waals surface area contributed by atoms with E-state index in [1.165, 1.54) is 0 Å². The van der Waals surface area contributed by atoms with Gasteiger partial charge in [0, 0.05) is 11.8 Å². The first kappa shape index (κ1) is 46.4. The van der Waals surface area contributed by atoms with Crippen LogP contribution in [0.5, 0.6) is 0 Å². The van der Waals surface area contributed by atoms with E-state index in [1.54, 1.807) is 0 Å². The zero-order chi connectivity index (χ0) is 39.7. The zero-order valence-electron chi connectivity index (χ0n) is 31.2. The second-order valence-corrected chi connectivity index (χ2v) is 24.1. The standard InChI is InChI=1S/C32H56N8O12S4.2Cu/c41-53(42,43)21-19-20(22(54(44,45)46)24(56(50,51)52)23(21)55(47,48)49)32-39-30-18-12-6-4-10-16(18)28(37-30)35-26-14-8-2-1-7-13(14)25(33-26)34-27-15-9-3-5-11-17(15)29(36-27)38-31(19)40-32;;/h13-40H,1-12H2,(H,41,42,43)(H,44,45,46)(H,47,48,49)(H,50,51,52);;/q;2*+2/p-4. The van der Waals surface area contributed by atoms with E-state index in [9.17, 15) is 51.9 Å². The Hall–Kier alpha value is 0.359. The maximum atomic E-state index is 13.3. The average molecular weight is 996 g/mol. The molecule has 58 heavy (non-hydrogen) atoms. The Bertz CT molecular complexity index is 1860. The average Bonchev–Trinajstić information content (AvgIpc) is 3.84. The van der Waals surface area contributed by atoms with Gasteiger partial charge in [0.2, 0.25) is 0 Å². The second-order valence-electron chi connectivity index (χ2n) is 18.0. The third kappa shape index (κ3) is 8.17. The van der Waals surface area contributed by atoms with Crippen molar-refractivity contribution in [2.45, 2.75) is 147 Å². The van der Waals surface area contributed by atoms with Crippen LogP contribution in [0.25, 0.3) is 0 Å². The van der Waals surface area contributed by atoms with E-state index in [0.29, 0.717) is 11.8 Å². The first-order valence-electron chi connectivity index (χ1n) is 20.2. The predicted octanol–water partition coefficient (Wildman–Crippen LogP) is -3.30. The molecule has 4 saturated carbocycles. The van der Waals surface area contributed by atoms with Crippen LogP contribution in [0.3, 0.4) is 0 Å². The summed E-state index contributed by atoms with van der Waals surface area (Å²) in [6.07, 6.45) is 6.60. The van der Waals surface area contributed by atoms with Gasteiger partial charge in [-0.05, 0) is 74.0 Å². The van der Waals surface area contributed by atoms with Gasteiger partial charge in [-0.25, -0.2) is 33.7 Å². The van der Waals surface area contributed by atoms with Crippen molar-refractivity contribution in [2.75, 3.05) is 0 Å². The van der Waals surface area contributed by atoms with Crippen LogP contribution >= 0.6 is 0 Å². The smallest absolute Gasteiger partial charge is 0.748 e. The molecule has 20 unspecified atom stereocenters. The summed E-state index contributed by atoms with van der Waals surface area (Å²) >= 11 is 0. The third-order valence-corrected chi connectivity index (χ3v) is 20.9. The summed E-state index contributed by atoms with van der Waals surface area (Å²) in [5.74, 6) is -3.14. The van der Waals surface area contributed by atoms with Crippen molar-refractivity contribution in [3.05, 3.63) is 0 Å². The Morgan fingerprint density at radius 1 is 0.293 bits per heavy atom. The van der Waals surface area contributed by atoms with Crippen molar-refractivity contribution >= 4 is 40.5 Å². The summed E-state index contributed by atoms with van der Waals surface area (Å²) in [6.45, 7) is 0. The molecule has 20 nitrogen and oxygen atoms in total. The number of fused-ring (bicyclic) bond motifs is 20. The molecule has 5 heterocycles. The largest absolute Gasteiger partial charge is 2.00 e. The summed E-state index contributed by atoms with van der Waals surface area (Å²) < 4.78 is 157. The van der Waals surface area contributed by atoms with E-state index in [-0.39, 0.29) is 82.5 Å². The minimum Gasteiger partial charge on any atom is -0.748 e. The monoisotopic (exact) mass is 994 g/mol. The van der Waals surface area contributed by atoms with Gasteiger partial charge in [0.15, 0.2) is 0 Å². The Morgan fingerprint density at radius 2 is 0.466 bits per heavy atom. The van der Waals surface area contributed by atoms with Crippen LogP contribution in [-0.4, -0.2) is 122 Å². The SMILES string of the molecule is O=S(=O)([O-])C1C2C3NC4NC(NC5NC(NC6NC(NC(N3)C2C(S(=O)(=O)[O-])C(S(=O)(=O)[O-])C1S(=O)(=O)[O-])C1CCCCC61)C1CCCCC51)C1CCCCC41.[Cu+2].[Cu+2]. The van der Waals surface area contributed by atoms with Crippen LogP contribution < -0.4 is 42.5 Å². The third-order valence-electron chi connectivity index (χ3n) is 15.3. The number of hydrogen-bond acceptors (Lipinski definition) is 20. The minimum absolute atomic E-state index is 0. The van der Waals surface area contributed by atoms with Gasteiger partial charge in [-0.3, -0.25) is 42.5 Å². The van der Waals surface area contributed by atoms with Crippen LogP contribution in [0.2, 0.25) is 0 Å². The molecule has 5 saturated heterocycles. The Balaban J connectivity index is 0.00000256. The Kier molecular flexibility index (Phi) is 13.4. The van der Waals surface area contributed by atoms with E-state index in [1.807, 2.05) is 0 Å². The van der Waals surface area contributed by atoms with Crippen LogP contribution in [0.15, 0.2) is 0 Å². The summed E-state index contributed by atoms with van der Waals surface area (Å²) in [4.78, 5) is 0. The Labute approximate surface area is 361 Å². The summed E-state index contributed by atoms with van der Waals surface area (Å²) in [7, 11) is -24.4. The van der Waals surface area contributed by atoms with E-state index in [4.69, 9.17) is 0 Å². The maximum absolute atomic E-state index is 13.3. The first-order chi connectivity index (χ1) is 26.3. The van der Waals surface area contributed by atoms with Gasteiger partial charge in [-0.2, -0.15) is 0 Å².